The largest absolute Gasteiger partial charge is 0.494 e. The number of benzene rings is 3. The third-order valence-electron chi connectivity index (χ3n) is 5.78. The second-order valence-corrected chi connectivity index (χ2v) is 9.14. The molecule has 3 aromatic carbocycles. The van der Waals surface area contributed by atoms with Crippen molar-refractivity contribution in [2.45, 2.75) is 24.5 Å². The predicted molar refractivity (Wildman–Crippen MR) is 133 cm³/mol. The van der Waals surface area contributed by atoms with Gasteiger partial charge in [-0.05, 0) is 56.3 Å². The third kappa shape index (κ3) is 5.69. The molecule has 3 aromatic rings. The van der Waals surface area contributed by atoms with Crippen molar-refractivity contribution in [2.24, 2.45) is 0 Å². The molecule has 1 fully saturated rings. The molecule has 1 heterocycles. The molecule has 0 atom stereocenters. The number of halogens is 1. The van der Waals surface area contributed by atoms with E-state index in [1.54, 1.807) is 23.9 Å². The molecule has 0 spiro atoms. The fourth-order valence-corrected chi connectivity index (χ4v) is 4.83. The summed E-state index contributed by atoms with van der Waals surface area (Å²) >= 11 is 1.73. The van der Waals surface area contributed by atoms with Gasteiger partial charge < -0.3 is 14.5 Å². The maximum atomic E-state index is 14.1. The lowest BCUT2D eigenvalue weighted by Gasteiger charge is -2.36. The predicted octanol–water partition coefficient (Wildman–Crippen LogP) is 5.79. The molecule has 0 N–H and O–H groups in total. The molecule has 1 amide bonds. The van der Waals surface area contributed by atoms with E-state index in [9.17, 15) is 9.18 Å². The molecule has 0 radical (unpaired) electrons. The monoisotopic (exact) mass is 464 g/mol. The second-order valence-electron chi connectivity index (χ2n) is 8.09. The van der Waals surface area contributed by atoms with Gasteiger partial charge in [0.2, 0.25) is 0 Å². The van der Waals surface area contributed by atoms with Gasteiger partial charge in [-0.1, -0.05) is 29.8 Å². The summed E-state index contributed by atoms with van der Waals surface area (Å²) in [7, 11) is 0. The van der Waals surface area contributed by atoms with Gasteiger partial charge in [0.05, 0.1) is 12.3 Å². The lowest BCUT2D eigenvalue weighted by molar-refractivity contribution is 0.0746. The Kier molecular flexibility index (Phi) is 7.55. The van der Waals surface area contributed by atoms with E-state index < -0.39 is 0 Å². The summed E-state index contributed by atoms with van der Waals surface area (Å²) in [5.41, 5.74) is 3.51. The van der Waals surface area contributed by atoms with Crippen LogP contribution >= 0.6 is 11.8 Å². The molecule has 0 aliphatic carbocycles. The van der Waals surface area contributed by atoms with Crippen LogP contribution in [0.4, 0.5) is 10.1 Å². The maximum Gasteiger partial charge on any atom is 0.253 e. The molecule has 4 rings (SSSR count). The molecule has 6 heteroatoms. The Morgan fingerprint density at radius 1 is 1.00 bits per heavy atom. The van der Waals surface area contributed by atoms with E-state index in [1.807, 2.05) is 41.0 Å². The van der Waals surface area contributed by atoms with E-state index in [4.69, 9.17) is 4.74 Å². The molecular weight excluding hydrogens is 435 g/mol. The normalized spacial score (nSPS) is 13.8. The number of hydrogen-bond acceptors (Lipinski definition) is 4. The number of anilines is 1. The van der Waals surface area contributed by atoms with Crippen molar-refractivity contribution in [3.8, 4) is 5.75 Å². The molecule has 0 unspecified atom stereocenters. The Balaban J connectivity index is 1.44. The van der Waals surface area contributed by atoms with Crippen molar-refractivity contribution < 1.29 is 13.9 Å². The average molecular weight is 465 g/mol. The number of nitrogens with zero attached hydrogens (tertiary/aromatic N) is 2. The summed E-state index contributed by atoms with van der Waals surface area (Å²) in [5.74, 6) is 1.32. The topological polar surface area (TPSA) is 32.8 Å². The van der Waals surface area contributed by atoms with Gasteiger partial charge in [0, 0.05) is 48.0 Å². The van der Waals surface area contributed by atoms with Gasteiger partial charge in [-0.15, -0.1) is 11.8 Å². The lowest BCUT2D eigenvalue weighted by Crippen LogP contribution is -2.49. The Morgan fingerprint density at radius 3 is 2.42 bits per heavy atom. The number of aryl methyl sites for hydroxylation is 1. The minimum Gasteiger partial charge on any atom is -0.494 e. The Bertz CT molecular complexity index is 1100. The fraction of sp³-hybridized carbons (Fsp3) is 0.296. The molecule has 1 saturated heterocycles. The smallest absolute Gasteiger partial charge is 0.253 e. The number of hydrogen-bond donors (Lipinski definition) is 0. The maximum absolute atomic E-state index is 14.1. The van der Waals surface area contributed by atoms with Gasteiger partial charge in [-0.3, -0.25) is 4.79 Å². The van der Waals surface area contributed by atoms with Crippen LogP contribution in [0.1, 0.15) is 28.4 Å². The molecule has 0 aromatic heterocycles. The van der Waals surface area contributed by atoms with Gasteiger partial charge in [-0.25, -0.2) is 4.39 Å². The summed E-state index contributed by atoms with van der Waals surface area (Å²) in [6.45, 7) is 6.97. The first-order chi connectivity index (χ1) is 16.0. The van der Waals surface area contributed by atoms with Crippen LogP contribution in [0.2, 0.25) is 0 Å². The first kappa shape index (κ1) is 23.2. The van der Waals surface area contributed by atoms with E-state index in [0.717, 1.165) is 17.1 Å². The van der Waals surface area contributed by atoms with E-state index in [2.05, 4.69) is 31.2 Å². The lowest BCUT2D eigenvalue weighted by atomic mass is 10.1. The first-order valence-corrected chi connectivity index (χ1v) is 12.3. The van der Waals surface area contributed by atoms with Gasteiger partial charge in [0.15, 0.2) is 0 Å². The number of carbonyl (C=O) groups is 1. The van der Waals surface area contributed by atoms with E-state index in [0.29, 0.717) is 44.0 Å². The van der Waals surface area contributed by atoms with Crippen molar-refractivity contribution in [3.05, 3.63) is 89.2 Å². The summed E-state index contributed by atoms with van der Waals surface area (Å²) < 4.78 is 19.9. The van der Waals surface area contributed by atoms with Crippen molar-refractivity contribution >= 4 is 23.4 Å². The average Bonchev–Trinajstić information content (AvgIpc) is 2.84. The summed E-state index contributed by atoms with van der Waals surface area (Å²) in [6.07, 6.45) is 0. The molecule has 172 valence electrons. The standard InChI is InChI=1S/C27H29FN2O2S/c1-3-32-26-13-10-21(18-22(26)19-33-23-11-8-20(2)9-12-23)27(31)30-16-14-29(15-17-30)25-7-5-4-6-24(25)28/h4-13,18H,3,14-17,19H2,1-2H3. The zero-order valence-electron chi connectivity index (χ0n) is 19.1. The molecule has 1 aliphatic rings. The van der Waals surface area contributed by atoms with Crippen LogP contribution in [0.5, 0.6) is 5.75 Å². The number of piperazine rings is 1. The van der Waals surface area contributed by atoms with E-state index in [1.165, 1.54) is 16.5 Å². The van der Waals surface area contributed by atoms with Crippen molar-refractivity contribution in [2.75, 3.05) is 37.7 Å². The summed E-state index contributed by atoms with van der Waals surface area (Å²) in [5, 5.41) is 0. The SMILES string of the molecule is CCOc1ccc(C(=O)N2CCN(c3ccccc3F)CC2)cc1CSc1ccc(C)cc1. The van der Waals surface area contributed by atoms with Gasteiger partial charge in [0.25, 0.3) is 5.91 Å². The van der Waals surface area contributed by atoms with Crippen LogP contribution in [0.3, 0.4) is 0 Å². The van der Waals surface area contributed by atoms with Gasteiger partial charge in [-0.2, -0.15) is 0 Å². The van der Waals surface area contributed by atoms with E-state index in [-0.39, 0.29) is 11.7 Å². The number of amides is 1. The minimum atomic E-state index is -0.223. The van der Waals surface area contributed by atoms with E-state index >= 15 is 0 Å². The Labute approximate surface area is 199 Å². The molecular formula is C27H29FN2O2S. The highest BCUT2D eigenvalue weighted by Crippen LogP contribution is 2.30. The highest BCUT2D eigenvalue weighted by Gasteiger charge is 2.24. The molecule has 0 saturated carbocycles. The number of thioether (sulfide) groups is 1. The first-order valence-electron chi connectivity index (χ1n) is 11.3. The zero-order chi connectivity index (χ0) is 23.2. The Morgan fingerprint density at radius 2 is 1.73 bits per heavy atom. The second kappa shape index (κ2) is 10.8. The van der Waals surface area contributed by atoms with Crippen molar-refractivity contribution in [3.63, 3.8) is 0 Å². The van der Waals surface area contributed by atoms with Gasteiger partial charge >= 0.3 is 0 Å². The quantitative estimate of drug-likeness (QED) is 0.415. The number of para-hydroxylation sites is 1. The zero-order valence-corrected chi connectivity index (χ0v) is 19.9. The van der Waals surface area contributed by atoms with Gasteiger partial charge in [0.1, 0.15) is 11.6 Å². The van der Waals surface area contributed by atoms with Crippen LogP contribution in [0.15, 0.2) is 71.6 Å². The van der Waals surface area contributed by atoms with Crippen LogP contribution in [0.25, 0.3) is 0 Å². The van der Waals surface area contributed by atoms with Crippen LogP contribution in [-0.2, 0) is 5.75 Å². The number of rotatable bonds is 7. The molecule has 1 aliphatic heterocycles. The fourth-order valence-electron chi connectivity index (χ4n) is 3.96. The minimum absolute atomic E-state index is 0.00724. The molecule has 33 heavy (non-hydrogen) atoms. The summed E-state index contributed by atoms with van der Waals surface area (Å²) in [6, 6.07) is 20.9. The van der Waals surface area contributed by atoms with Crippen molar-refractivity contribution in [1.82, 2.24) is 4.90 Å². The van der Waals surface area contributed by atoms with Crippen LogP contribution in [0, 0.1) is 12.7 Å². The summed E-state index contributed by atoms with van der Waals surface area (Å²) in [4.78, 5) is 18.3. The van der Waals surface area contributed by atoms with Crippen molar-refractivity contribution in [1.29, 1.82) is 0 Å². The van der Waals surface area contributed by atoms with Crippen LogP contribution < -0.4 is 9.64 Å². The third-order valence-corrected chi connectivity index (χ3v) is 6.84. The Hall–Kier alpha value is -2.99. The number of ether oxygens (including phenoxy) is 1. The highest BCUT2D eigenvalue weighted by atomic mass is 32.2. The molecule has 0 bridgehead atoms. The number of carbonyl (C=O) groups excluding carboxylic acids is 1. The van der Waals surface area contributed by atoms with Crippen LogP contribution in [-0.4, -0.2) is 43.6 Å². The highest BCUT2D eigenvalue weighted by molar-refractivity contribution is 7.98. The molecule has 4 nitrogen and oxygen atoms in total.